The molecule has 1 aromatic rings. The number of morpholine rings is 1. The van der Waals surface area contributed by atoms with Crippen molar-refractivity contribution in [2.75, 3.05) is 19.7 Å². The normalized spacial score (nSPS) is 25.6. The zero-order valence-corrected chi connectivity index (χ0v) is 14.0. The van der Waals surface area contributed by atoms with Gasteiger partial charge in [-0.05, 0) is 37.5 Å². The molecule has 1 heterocycles. The highest BCUT2D eigenvalue weighted by atomic mass is 79.9. The standard InChI is InChI=1S/C16H25BrN2O/c1-3-15-11-20-12(2)10-19(15)9-8-16(18)13-4-6-14(17)7-5-13/h4-7,12,15-16H,3,8-11,18H2,1-2H3. The lowest BCUT2D eigenvalue weighted by molar-refractivity contribution is -0.0564. The molecule has 2 rings (SSSR count). The van der Waals surface area contributed by atoms with E-state index in [0.717, 1.165) is 37.0 Å². The van der Waals surface area contributed by atoms with Crippen molar-refractivity contribution < 1.29 is 4.74 Å². The fraction of sp³-hybridized carbons (Fsp3) is 0.625. The molecule has 3 nitrogen and oxygen atoms in total. The van der Waals surface area contributed by atoms with Crippen molar-refractivity contribution in [1.29, 1.82) is 0 Å². The third-order valence-electron chi connectivity index (χ3n) is 4.08. The second-order valence-electron chi connectivity index (χ2n) is 5.65. The summed E-state index contributed by atoms with van der Waals surface area (Å²) in [5, 5.41) is 0. The summed E-state index contributed by atoms with van der Waals surface area (Å²) in [5.41, 5.74) is 7.52. The minimum absolute atomic E-state index is 0.110. The van der Waals surface area contributed by atoms with Crippen LogP contribution in [0.1, 0.15) is 38.3 Å². The van der Waals surface area contributed by atoms with Gasteiger partial charge in [0.2, 0.25) is 0 Å². The van der Waals surface area contributed by atoms with Crippen molar-refractivity contribution >= 4 is 15.9 Å². The van der Waals surface area contributed by atoms with Gasteiger partial charge in [0.05, 0.1) is 12.7 Å². The van der Waals surface area contributed by atoms with Gasteiger partial charge in [-0.25, -0.2) is 0 Å². The average molecular weight is 341 g/mol. The maximum Gasteiger partial charge on any atom is 0.0674 e. The van der Waals surface area contributed by atoms with Gasteiger partial charge in [-0.15, -0.1) is 0 Å². The smallest absolute Gasteiger partial charge is 0.0674 e. The van der Waals surface area contributed by atoms with Crippen molar-refractivity contribution in [2.45, 2.75) is 44.9 Å². The summed E-state index contributed by atoms with van der Waals surface area (Å²) >= 11 is 3.46. The first-order chi connectivity index (χ1) is 9.60. The molecule has 2 N–H and O–H groups in total. The molecule has 0 bridgehead atoms. The number of halogens is 1. The molecular weight excluding hydrogens is 316 g/mol. The number of rotatable bonds is 5. The van der Waals surface area contributed by atoms with Crippen LogP contribution in [-0.4, -0.2) is 36.7 Å². The molecule has 0 aliphatic carbocycles. The van der Waals surface area contributed by atoms with E-state index in [1.165, 1.54) is 5.56 Å². The lowest BCUT2D eigenvalue weighted by atomic mass is 10.0. The minimum atomic E-state index is 0.110. The monoisotopic (exact) mass is 340 g/mol. The summed E-state index contributed by atoms with van der Waals surface area (Å²) in [6.07, 6.45) is 2.46. The second kappa shape index (κ2) is 7.55. The molecule has 1 aliphatic rings. The van der Waals surface area contributed by atoms with Crippen LogP contribution in [0.25, 0.3) is 0 Å². The molecule has 0 aromatic heterocycles. The van der Waals surface area contributed by atoms with Crippen LogP contribution in [0.15, 0.2) is 28.7 Å². The quantitative estimate of drug-likeness (QED) is 0.893. The molecule has 1 aliphatic heterocycles. The Labute approximate surface area is 130 Å². The summed E-state index contributed by atoms with van der Waals surface area (Å²) in [6.45, 7) is 7.29. The van der Waals surface area contributed by atoms with E-state index in [1.807, 2.05) is 0 Å². The fourth-order valence-electron chi connectivity index (χ4n) is 2.74. The van der Waals surface area contributed by atoms with E-state index in [9.17, 15) is 0 Å². The Hall–Kier alpha value is -0.420. The van der Waals surface area contributed by atoms with Gasteiger partial charge in [0.1, 0.15) is 0 Å². The predicted octanol–water partition coefficient (Wildman–Crippen LogP) is 3.34. The summed E-state index contributed by atoms with van der Waals surface area (Å²) in [5.74, 6) is 0. The SMILES string of the molecule is CCC1COC(C)CN1CCC(N)c1ccc(Br)cc1. The molecule has 1 saturated heterocycles. The van der Waals surface area contributed by atoms with Gasteiger partial charge < -0.3 is 10.5 Å². The van der Waals surface area contributed by atoms with Gasteiger partial charge in [0, 0.05) is 29.6 Å². The fourth-order valence-corrected chi connectivity index (χ4v) is 3.01. The lowest BCUT2D eigenvalue weighted by Crippen LogP contribution is -2.49. The van der Waals surface area contributed by atoms with Gasteiger partial charge in [-0.2, -0.15) is 0 Å². The highest BCUT2D eigenvalue weighted by molar-refractivity contribution is 9.10. The highest BCUT2D eigenvalue weighted by Crippen LogP contribution is 2.20. The van der Waals surface area contributed by atoms with Crippen LogP contribution in [0.4, 0.5) is 0 Å². The van der Waals surface area contributed by atoms with Crippen LogP contribution in [0, 0.1) is 0 Å². The molecule has 20 heavy (non-hydrogen) atoms. The Kier molecular flexibility index (Phi) is 6.02. The predicted molar refractivity (Wildman–Crippen MR) is 86.8 cm³/mol. The zero-order valence-electron chi connectivity index (χ0n) is 12.4. The van der Waals surface area contributed by atoms with Gasteiger partial charge in [0.15, 0.2) is 0 Å². The van der Waals surface area contributed by atoms with Gasteiger partial charge in [-0.1, -0.05) is 35.0 Å². The first-order valence-corrected chi connectivity index (χ1v) is 8.26. The Balaban J connectivity index is 1.88. The molecule has 0 spiro atoms. The van der Waals surface area contributed by atoms with Crippen LogP contribution in [0.5, 0.6) is 0 Å². The third kappa shape index (κ3) is 4.29. The molecule has 0 radical (unpaired) electrons. The van der Waals surface area contributed by atoms with Crippen molar-refractivity contribution in [3.05, 3.63) is 34.3 Å². The third-order valence-corrected chi connectivity index (χ3v) is 4.61. The molecule has 0 amide bonds. The summed E-state index contributed by atoms with van der Waals surface area (Å²) in [6, 6.07) is 8.98. The summed E-state index contributed by atoms with van der Waals surface area (Å²) < 4.78 is 6.84. The van der Waals surface area contributed by atoms with Crippen molar-refractivity contribution in [3.8, 4) is 0 Å². The van der Waals surface area contributed by atoms with E-state index >= 15 is 0 Å². The van der Waals surface area contributed by atoms with Crippen LogP contribution in [0.3, 0.4) is 0 Å². The molecule has 1 aromatic carbocycles. The van der Waals surface area contributed by atoms with Gasteiger partial charge in [0.25, 0.3) is 0 Å². The maximum absolute atomic E-state index is 6.31. The molecule has 112 valence electrons. The van der Waals surface area contributed by atoms with Crippen LogP contribution in [-0.2, 0) is 4.74 Å². The Morgan fingerprint density at radius 3 is 2.75 bits per heavy atom. The van der Waals surface area contributed by atoms with E-state index < -0.39 is 0 Å². The Morgan fingerprint density at radius 1 is 1.40 bits per heavy atom. The van der Waals surface area contributed by atoms with E-state index in [2.05, 4.69) is 58.9 Å². The maximum atomic E-state index is 6.31. The van der Waals surface area contributed by atoms with E-state index in [4.69, 9.17) is 10.5 Å². The van der Waals surface area contributed by atoms with Crippen LogP contribution < -0.4 is 5.73 Å². The minimum Gasteiger partial charge on any atom is -0.376 e. The lowest BCUT2D eigenvalue weighted by Gasteiger charge is -2.38. The topological polar surface area (TPSA) is 38.5 Å². The first kappa shape index (κ1) is 16.0. The Morgan fingerprint density at radius 2 is 2.10 bits per heavy atom. The van der Waals surface area contributed by atoms with Crippen LogP contribution in [0.2, 0.25) is 0 Å². The zero-order chi connectivity index (χ0) is 14.5. The van der Waals surface area contributed by atoms with Gasteiger partial charge >= 0.3 is 0 Å². The molecule has 1 fully saturated rings. The number of benzene rings is 1. The molecule has 3 atom stereocenters. The van der Waals surface area contributed by atoms with Crippen molar-refractivity contribution in [2.24, 2.45) is 5.73 Å². The Bertz CT molecular complexity index is 409. The average Bonchev–Trinajstić information content (AvgIpc) is 2.45. The number of ether oxygens (including phenoxy) is 1. The molecule has 4 heteroatoms. The number of nitrogens with zero attached hydrogens (tertiary/aromatic N) is 1. The summed E-state index contributed by atoms with van der Waals surface area (Å²) in [4.78, 5) is 2.53. The van der Waals surface area contributed by atoms with Crippen LogP contribution >= 0.6 is 15.9 Å². The van der Waals surface area contributed by atoms with Crippen molar-refractivity contribution in [3.63, 3.8) is 0 Å². The highest BCUT2D eigenvalue weighted by Gasteiger charge is 2.25. The van der Waals surface area contributed by atoms with E-state index in [0.29, 0.717) is 12.1 Å². The second-order valence-corrected chi connectivity index (χ2v) is 6.56. The number of hydrogen-bond acceptors (Lipinski definition) is 3. The largest absolute Gasteiger partial charge is 0.376 e. The van der Waals surface area contributed by atoms with Crippen molar-refractivity contribution in [1.82, 2.24) is 4.90 Å². The number of nitrogens with two attached hydrogens (primary N) is 1. The van der Waals surface area contributed by atoms with E-state index in [-0.39, 0.29) is 6.04 Å². The molecular formula is C16H25BrN2O. The summed E-state index contributed by atoms with van der Waals surface area (Å²) in [7, 11) is 0. The van der Waals surface area contributed by atoms with Gasteiger partial charge in [-0.3, -0.25) is 4.90 Å². The molecule has 3 unspecified atom stereocenters. The number of hydrogen-bond donors (Lipinski definition) is 1. The van der Waals surface area contributed by atoms with E-state index in [1.54, 1.807) is 0 Å². The molecule has 0 saturated carbocycles. The first-order valence-electron chi connectivity index (χ1n) is 7.46.